The highest BCUT2D eigenvalue weighted by atomic mass is 79.9. The van der Waals surface area contributed by atoms with Crippen LogP contribution >= 0.6 is 15.9 Å². The molecular formula is C26H30BrN7O2. The van der Waals surface area contributed by atoms with Crippen LogP contribution in [0.4, 0.5) is 11.6 Å². The molecule has 10 heteroatoms. The Kier molecular flexibility index (Phi) is 7.85. The molecule has 2 aromatic carbocycles. The van der Waals surface area contributed by atoms with Crippen molar-refractivity contribution in [1.29, 1.82) is 5.41 Å². The van der Waals surface area contributed by atoms with Crippen LogP contribution in [-0.2, 0) is 0 Å². The summed E-state index contributed by atoms with van der Waals surface area (Å²) in [5.41, 5.74) is 3.32. The first-order valence-corrected chi connectivity index (χ1v) is 12.4. The second kappa shape index (κ2) is 11.0. The topological polar surface area (TPSA) is 97.7 Å². The van der Waals surface area contributed by atoms with Crippen LogP contribution in [0.3, 0.4) is 0 Å². The number of carbonyl (C=O) groups excluding carboxylic acids is 1. The van der Waals surface area contributed by atoms with Gasteiger partial charge in [-0.05, 0) is 42.9 Å². The molecule has 1 aliphatic rings. The average Bonchev–Trinajstić information content (AvgIpc) is 2.86. The third-order valence-corrected chi connectivity index (χ3v) is 6.40. The van der Waals surface area contributed by atoms with Gasteiger partial charge in [-0.3, -0.25) is 4.79 Å². The summed E-state index contributed by atoms with van der Waals surface area (Å²) < 4.78 is 6.38. The van der Waals surface area contributed by atoms with Crippen molar-refractivity contribution >= 4 is 56.2 Å². The summed E-state index contributed by atoms with van der Waals surface area (Å²) >= 11 is 3.48. The van der Waals surface area contributed by atoms with Gasteiger partial charge in [-0.2, -0.15) is 0 Å². The molecule has 0 aliphatic carbocycles. The molecule has 2 heterocycles. The molecule has 1 aromatic heterocycles. The maximum Gasteiger partial charge on any atom is 0.254 e. The van der Waals surface area contributed by atoms with Crippen LogP contribution in [0.2, 0.25) is 0 Å². The van der Waals surface area contributed by atoms with Crippen molar-refractivity contribution in [2.24, 2.45) is 0 Å². The van der Waals surface area contributed by atoms with Crippen molar-refractivity contribution in [3.63, 3.8) is 0 Å². The number of allylic oxidation sites excluding steroid dienone is 1. The highest BCUT2D eigenvalue weighted by Crippen LogP contribution is 2.30. The normalized spacial score (nSPS) is 14.6. The molecule has 3 aromatic rings. The summed E-state index contributed by atoms with van der Waals surface area (Å²) in [6.45, 7) is 3.03. The fourth-order valence-corrected chi connectivity index (χ4v) is 4.53. The number of nitrogens with zero attached hydrogens (tertiary/aromatic N) is 5. The molecule has 0 spiro atoms. The van der Waals surface area contributed by atoms with E-state index in [1.807, 2.05) is 60.4 Å². The van der Waals surface area contributed by atoms with Gasteiger partial charge >= 0.3 is 0 Å². The molecule has 2 N–H and O–H groups in total. The lowest BCUT2D eigenvalue weighted by Gasteiger charge is -2.32. The summed E-state index contributed by atoms with van der Waals surface area (Å²) in [6.07, 6.45) is 4.87. The van der Waals surface area contributed by atoms with E-state index in [4.69, 9.17) is 10.1 Å². The zero-order valence-corrected chi connectivity index (χ0v) is 22.5. The molecule has 0 radical (unpaired) electrons. The number of amides is 1. The molecule has 0 saturated carbocycles. The van der Waals surface area contributed by atoms with Crippen LogP contribution in [0.15, 0.2) is 47.2 Å². The number of hydrogen-bond acceptors (Lipinski definition) is 8. The van der Waals surface area contributed by atoms with Crippen molar-refractivity contribution in [2.75, 3.05) is 59.7 Å². The molecule has 188 valence electrons. The van der Waals surface area contributed by atoms with Gasteiger partial charge in [-0.1, -0.05) is 15.9 Å². The van der Waals surface area contributed by atoms with Gasteiger partial charge in [-0.15, -0.1) is 0 Å². The Balaban J connectivity index is 1.74. The van der Waals surface area contributed by atoms with Gasteiger partial charge < -0.3 is 30.2 Å². The molecule has 0 bridgehead atoms. The largest absolute Gasteiger partial charge is 0.494 e. The Bertz CT molecular complexity index is 1320. The van der Waals surface area contributed by atoms with E-state index in [9.17, 15) is 4.79 Å². The van der Waals surface area contributed by atoms with Crippen LogP contribution in [0, 0.1) is 5.41 Å². The van der Waals surface area contributed by atoms with E-state index in [2.05, 4.69) is 43.2 Å². The highest BCUT2D eigenvalue weighted by Gasteiger charge is 2.22. The van der Waals surface area contributed by atoms with Gasteiger partial charge in [0.15, 0.2) is 0 Å². The SMILES string of the molecule is COc1cc(Br)cc2cnc(Nc3cc(C(=O)N4CCN(C)CC4)cc(/C(C=N)=C/N(C)C)c3)nc12. The van der Waals surface area contributed by atoms with Crippen molar-refractivity contribution < 1.29 is 9.53 Å². The van der Waals surface area contributed by atoms with Crippen molar-refractivity contribution in [1.82, 2.24) is 24.7 Å². The first-order valence-electron chi connectivity index (χ1n) is 11.6. The standard InChI is InChI=1S/C26H30BrN7O2/c1-32(2)16-20(14-28)17-9-18(25(35)34-7-5-33(3)6-8-34)12-22(11-17)30-26-29-15-19-10-21(27)13-23(36-4)24(19)31-26/h9-16,28H,5-8H2,1-4H3,(H,29,30,31)/b20-16+,28-14?. The molecular weight excluding hydrogens is 522 g/mol. The Morgan fingerprint density at radius 1 is 1.14 bits per heavy atom. The molecule has 1 saturated heterocycles. The number of fused-ring (bicyclic) bond motifs is 1. The number of likely N-dealkylation sites (N-methyl/N-ethyl adjacent to an activating group) is 1. The highest BCUT2D eigenvalue weighted by molar-refractivity contribution is 9.10. The minimum atomic E-state index is -0.0341. The Labute approximate surface area is 219 Å². The van der Waals surface area contributed by atoms with E-state index >= 15 is 0 Å². The molecule has 1 fully saturated rings. The van der Waals surface area contributed by atoms with Gasteiger partial charge in [0.2, 0.25) is 5.95 Å². The minimum Gasteiger partial charge on any atom is -0.494 e. The molecule has 4 rings (SSSR count). The molecule has 1 aliphatic heterocycles. The zero-order valence-electron chi connectivity index (χ0n) is 20.9. The number of ether oxygens (including phenoxy) is 1. The van der Waals surface area contributed by atoms with E-state index in [1.54, 1.807) is 13.3 Å². The van der Waals surface area contributed by atoms with Gasteiger partial charge in [0.05, 0.1) is 7.11 Å². The minimum absolute atomic E-state index is 0.0341. The number of rotatable bonds is 7. The molecule has 1 amide bonds. The van der Waals surface area contributed by atoms with Crippen LogP contribution in [-0.4, -0.2) is 91.2 Å². The van der Waals surface area contributed by atoms with E-state index < -0.39 is 0 Å². The van der Waals surface area contributed by atoms with E-state index in [0.717, 1.165) is 28.5 Å². The van der Waals surface area contributed by atoms with Crippen LogP contribution < -0.4 is 10.1 Å². The number of methoxy groups -OCH3 is 1. The second-order valence-corrected chi connectivity index (χ2v) is 9.87. The third kappa shape index (κ3) is 5.83. The van der Waals surface area contributed by atoms with Gasteiger partial charge in [0, 0.05) is 85.6 Å². The number of piperazine rings is 1. The summed E-state index contributed by atoms with van der Waals surface area (Å²) in [5.74, 6) is 0.976. The Hall–Kier alpha value is -3.50. The number of aromatic nitrogens is 2. The summed E-state index contributed by atoms with van der Waals surface area (Å²) in [4.78, 5) is 28.5. The van der Waals surface area contributed by atoms with Crippen molar-refractivity contribution in [3.8, 4) is 5.75 Å². The monoisotopic (exact) mass is 551 g/mol. The molecule has 0 unspecified atom stereocenters. The number of halogens is 1. The van der Waals surface area contributed by atoms with Gasteiger partial charge in [-0.25, -0.2) is 9.97 Å². The number of benzene rings is 2. The van der Waals surface area contributed by atoms with Crippen molar-refractivity contribution in [2.45, 2.75) is 0 Å². The lowest BCUT2D eigenvalue weighted by molar-refractivity contribution is 0.0664. The van der Waals surface area contributed by atoms with Gasteiger partial charge in [0.1, 0.15) is 11.3 Å². The van der Waals surface area contributed by atoms with E-state index in [0.29, 0.717) is 47.1 Å². The van der Waals surface area contributed by atoms with E-state index in [-0.39, 0.29) is 5.91 Å². The summed E-state index contributed by atoms with van der Waals surface area (Å²) in [5, 5.41) is 12.0. The number of carbonyl (C=O) groups is 1. The second-order valence-electron chi connectivity index (χ2n) is 8.95. The van der Waals surface area contributed by atoms with Crippen LogP contribution in [0.5, 0.6) is 5.75 Å². The Morgan fingerprint density at radius 2 is 1.86 bits per heavy atom. The zero-order chi connectivity index (χ0) is 25.8. The maximum absolute atomic E-state index is 13.4. The fourth-order valence-electron chi connectivity index (χ4n) is 4.08. The lowest BCUT2D eigenvalue weighted by Crippen LogP contribution is -2.47. The lowest BCUT2D eigenvalue weighted by atomic mass is 10.0. The van der Waals surface area contributed by atoms with Crippen molar-refractivity contribution in [3.05, 3.63) is 58.3 Å². The van der Waals surface area contributed by atoms with Crippen LogP contribution in [0.25, 0.3) is 16.5 Å². The third-order valence-electron chi connectivity index (χ3n) is 5.95. The molecule has 36 heavy (non-hydrogen) atoms. The summed E-state index contributed by atoms with van der Waals surface area (Å²) in [6, 6.07) is 9.34. The smallest absolute Gasteiger partial charge is 0.254 e. The first kappa shape index (κ1) is 25.6. The number of nitrogens with one attached hydrogen (secondary N) is 2. The van der Waals surface area contributed by atoms with Gasteiger partial charge in [0.25, 0.3) is 5.91 Å². The predicted octanol–water partition coefficient (Wildman–Crippen LogP) is 4.08. The average molecular weight is 552 g/mol. The first-order chi connectivity index (χ1) is 17.3. The number of hydrogen-bond donors (Lipinski definition) is 2. The van der Waals surface area contributed by atoms with Crippen LogP contribution in [0.1, 0.15) is 15.9 Å². The predicted molar refractivity (Wildman–Crippen MR) is 147 cm³/mol. The summed E-state index contributed by atoms with van der Waals surface area (Å²) in [7, 11) is 7.46. The Morgan fingerprint density at radius 3 is 2.53 bits per heavy atom. The molecule has 0 atom stereocenters. The molecule has 9 nitrogen and oxygen atoms in total. The van der Waals surface area contributed by atoms with E-state index in [1.165, 1.54) is 6.21 Å². The quantitative estimate of drug-likeness (QED) is 0.427. The fraction of sp³-hybridized carbons (Fsp3) is 0.308. The maximum atomic E-state index is 13.4. The number of anilines is 2.